The Bertz CT molecular complexity index is 632. The van der Waals surface area contributed by atoms with Crippen molar-refractivity contribution in [3.8, 4) is 5.75 Å². The number of rotatable bonds is 5. The van der Waals surface area contributed by atoms with Crippen LogP contribution in [0, 0.1) is 5.82 Å². The molecule has 0 aliphatic heterocycles. The molecule has 112 valence electrons. The summed E-state index contributed by atoms with van der Waals surface area (Å²) >= 11 is 11.9. The number of benzene rings is 2. The number of ether oxygens (including phenoxy) is 1. The van der Waals surface area contributed by atoms with Crippen LogP contribution in [0.4, 0.5) is 4.39 Å². The van der Waals surface area contributed by atoms with Gasteiger partial charge in [0.25, 0.3) is 0 Å². The fourth-order valence-electron chi connectivity index (χ4n) is 1.95. The summed E-state index contributed by atoms with van der Waals surface area (Å²) < 4.78 is 19.2. The molecule has 0 bridgehead atoms. The van der Waals surface area contributed by atoms with Crippen molar-refractivity contribution in [1.82, 2.24) is 0 Å². The zero-order valence-corrected chi connectivity index (χ0v) is 13.1. The van der Waals surface area contributed by atoms with Gasteiger partial charge in [-0.1, -0.05) is 35.3 Å². The molecule has 0 aliphatic carbocycles. The monoisotopic (exact) mass is 327 g/mol. The van der Waals surface area contributed by atoms with Gasteiger partial charge in [0.2, 0.25) is 0 Å². The van der Waals surface area contributed by atoms with Crippen LogP contribution in [0.2, 0.25) is 10.0 Å². The second kappa shape index (κ2) is 7.12. The Kier molecular flexibility index (Phi) is 5.45. The molecular formula is C16H16Cl2FNO. The first-order chi connectivity index (χ1) is 9.95. The first-order valence-electron chi connectivity index (χ1n) is 6.56. The minimum absolute atomic E-state index is 0.0657. The number of hydrogen-bond donors (Lipinski definition) is 1. The van der Waals surface area contributed by atoms with E-state index < -0.39 is 5.82 Å². The Hall–Kier alpha value is -1.29. The van der Waals surface area contributed by atoms with Gasteiger partial charge in [0, 0.05) is 16.6 Å². The van der Waals surface area contributed by atoms with Crippen LogP contribution in [0.25, 0.3) is 0 Å². The first kappa shape index (κ1) is 16.1. The molecule has 0 heterocycles. The predicted octanol–water partition coefficient (Wildman–Crippen LogP) is 4.60. The van der Waals surface area contributed by atoms with E-state index >= 15 is 0 Å². The van der Waals surface area contributed by atoms with Gasteiger partial charge in [-0.3, -0.25) is 0 Å². The van der Waals surface area contributed by atoms with Crippen molar-refractivity contribution in [3.05, 3.63) is 63.4 Å². The van der Waals surface area contributed by atoms with Crippen molar-refractivity contribution >= 4 is 23.2 Å². The van der Waals surface area contributed by atoms with E-state index in [0.29, 0.717) is 21.4 Å². The van der Waals surface area contributed by atoms with E-state index in [1.807, 2.05) is 19.1 Å². The van der Waals surface area contributed by atoms with Crippen molar-refractivity contribution in [2.45, 2.75) is 26.0 Å². The fraction of sp³-hybridized carbons (Fsp3) is 0.250. The fourth-order valence-corrected chi connectivity index (χ4v) is 2.37. The molecule has 0 amide bonds. The van der Waals surface area contributed by atoms with Gasteiger partial charge in [0.1, 0.15) is 18.2 Å². The third-order valence-corrected chi connectivity index (χ3v) is 3.48. The molecule has 2 aromatic rings. The summed E-state index contributed by atoms with van der Waals surface area (Å²) in [4.78, 5) is 0. The maximum atomic E-state index is 13.6. The Labute approximate surface area is 133 Å². The summed E-state index contributed by atoms with van der Waals surface area (Å²) in [5, 5.41) is 0.845. The SMILES string of the molecule is CC(N)Cc1ccc(OCc2ccc(Cl)cc2F)c(Cl)c1. The van der Waals surface area contributed by atoms with Gasteiger partial charge in [-0.2, -0.15) is 0 Å². The molecule has 5 heteroatoms. The van der Waals surface area contributed by atoms with Crippen LogP contribution in [0.5, 0.6) is 5.75 Å². The molecule has 0 saturated heterocycles. The largest absolute Gasteiger partial charge is 0.487 e. The molecule has 0 aliphatic rings. The molecule has 21 heavy (non-hydrogen) atoms. The van der Waals surface area contributed by atoms with Gasteiger partial charge in [-0.15, -0.1) is 0 Å². The van der Waals surface area contributed by atoms with Gasteiger partial charge in [0.05, 0.1) is 5.02 Å². The van der Waals surface area contributed by atoms with Crippen LogP contribution < -0.4 is 10.5 Å². The van der Waals surface area contributed by atoms with Crippen LogP contribution in [0.1, 0.15) is 18.1 Å². The smallest absolute Gasteiger partial charge is 0.138 e. The van der Waals surface area contributed by atoms with Crippen LogP contribution in [0.15, 0.2) is 36.4 Å². The molecule has 2 N–H and O–H groups in total. The van der Waals surface area contributed by atoms with E-state index in [2.05, 4.69) is 0 Å². The zero-order valence-electron chi connectivity index (χ0n) is 11.6. The van der Waals surface area contributed by atoms with E-state index in [9.17, 15) is 4.39 Å². The molecule has 1 unspecified atom stereocenters. The lowest BCUT2D eigenvalue weighted by Gasteiger charge is -2.11. The Morgan fingerprint density at radius 1 is 1.19 bits per heavy atom. The second-order valence-electron chi connectivity index (χ2n) is 4.97. The maximum Gasteiger partial charge on any atom is 0.138 e. The van der Waals surface area contributed by atoms with Gasteiger partial charge < -0.3 is 10.5 Å². The lowest BCUT2D eigenvalue weighted by atomic mass is 10.1. The van der Waals surface area contributed by atoms with E-state index in [-0.39, 0.29) is 12.6 Å². The molecule has 2 rings (SSSR count). The van der Waals surface area contributed by atoms with Crippen molar-refractivity contribution in [1.29, 1.82) is 0 Å². The van der Waals surface area contributed by atoms with Gasteiger partial charge in [0.15, 0.2) is 0 Å². The minimum atomic E-state index is -0.396. The Morgan fingerprint density at radius 2 is 1.95 bits per heavy atom. The number of nitrogens with two attached hydrogens (primary N) is 1. The summed E-state index contributed by atoms with van der Waals surface area (Å²) in [7, 11) is 0. The third kappa shape index (κ3) is 4.60. The van der Waals surface area contributed by atoms with Gasteiger partial charge >= 0.3 is 0 Å². The van der Waals surface area contributed by atoms with Crippen LogP contribution >= 0.6 is 23.2 Å². The van der Waals surface area contributed by atoms with Crippen LogP contribution in [0.3, 0.4) is 0 Å². The molecule has 0 spiro atoms. The summed E-state index contributed by atoms with van der Waals surface area (Å²) in [6, 6.07) is 10.0. The van der Waals surface area contributed by atoms with E-state index in [1.54, 1.807) is 18.2 Å². The normalized spacial score (nSPS) is 12.2. The van der Waals surface area contributed by atoms with Gasteiger partial charge in [-0.25, -0.2) is 4.39 Å². The number of halogens is 3. The van der Waals surface area contributed by atoms with Gasteiger partial charge in [-0.05, 0) is 43.2 Å². The molecular weight excluding hydrogens is 312 g/mol. The second-order valence-corrected chi connectivity index (χ2v) is 5.81. The molecule has 2 nitrogen and oxygen atoms in total. The standard InChI is InChI=1S/C16H16Cl2FNO/c1-10(20)6-11-2-5-16(14(18)7-11)21-9-12-3-4-13(17)8-15(12)19/h2-5,7-8,10H,6,9,20H2,1H3. The van der Waals surface area contributed by atoms with Crippen LogP contribution in [-0.2, 0) is 13.0 Å². The van der Waals surface area contributed by atoms with E-state index in [0.717, 1.165) is 12.0 Å². The molecule has 0 radical (unpaired) electrons. The highest BCUT2D eigenvalue weighted by Gasteiger charge is 2.08. The minimum Gasteiger partial charge on any atom is -0.487 e. The first-order valence-corrected chi connectivity index (χ1v) is 7.32. The van der Waals surface area contributed by atoms with E-state index in [1.165, 1.54) is 6.07 Å². The average molecular weight is 328 g/mol. The van der Waals surface area contributed by atoms with Crippen molar-refractivity contribution in [2.24, 2.45) is 5.73 Å². The topological polar surface area (TPSA) is 35.2 Å². The summed E-state index contributed by atoms with van der Waals surface area (Å²) in [6.45, 7) is 2.02. The lowest BCUT2D eigenvalue weighted by molar-refractivity contribution is 0.300. The highest BCUT2D eigenvalue weighted by atomic mass is 35.5. The Morgan fingerprint density at radius 3 is 2.57 bits per heavy atom. The average Bonchev–Trinajstić information content (AvgIpc) is 2.39. The van der Waals surface area contributed by atoms with Crippen molar-refractivity contribution < 1.29 is 9.13 Å². The maximum absolute atomic E-state index is 13.6. The Balaban J connectivity index is 2.06. The summed E-state index contributed by atoms with van der Waals surface area (Å²) in [5.74, 6) is 0.117. The highest BCUT2D eigenvalue weighted by molar-refractivity contribution is 6.32. The zero-order chi connectivity index (χ0) is 15.4. The summed E-state index contributed by atoms with van der Waals surface area (Å²) in [5.41, 5.74) is 7.22. The highest BCUT2D eigenvalue weighted by Crippen LogP contribution is 2.27. The summed E-state index contributed by atoms with van der Waals surface area (Å²) in [6.07, 6.45) is 0.742. The van der Waals surface area contributed by atoms with Crippen LogP contribution in [-0.4, -0.2) is 6.04 Å². The van der Waals surface area contributed by atoms with E-state index in [4.69, 9.17) is 33.7 Å². The molecule has 2 aromatic carbocycles. The lowest BCUT2D eigenvalue weighted by Crippen LogP contribution is -2.17. The van der Waals surface area contributed by atoms with Crippen molar-refractivity contribution in [2.75, 3.05) is 0 Å². The van der Waals surface area contributed by atoms with Crippen molar-refractivity contribution in [3.63, 3.8) is 0 Å². The molecule has 1 atom stereocenters. The molecule has 0 saturated carbocycles. The molecule has 0 fully saturated rings. The molecule has 0 aromatic heterocycles. The third-order valence-electron chi connectivity index (χ3n) is 2.95. The number of hydrogen-bond acceptors (Lipinski definition) is 2. The quantitative estimate of drug-likeness (QED) is 0.870. The predicted molar refractivity (Wildman–Crippen MR) is 84.5 cm³/mol.